The van der Waals surface area contributed by atoms with Crippen LogP contribution in [0.3, 0.4) is 0 Å². The molecule has 0 saturated heterocycles. The molecule has 18 heavy (non-hydrogen) atoms. The van der Waals surface area contributed by atoms with E-state index < -0.39 is 35.3 Å². The van der Waals surface area contributed by atoms with E-state index in [0.717, 1.165) is 12.1 Å². The average Bonchev–Trinajstić information content (AvgIpc) is 2.23. The summed E-state index contributed by atoms with van der Waals surface area (Å²) in [5.74, 6) is -0.965. The highest BCUT2D eigenvalue weighted by Gasteiger charge is 2.37. The molecular formula is C9H8F4N2O3. The summed E-state index contributed by atoms with van der Waals surface area (Å²) < 4.78 is 48.8. The Kier molecular flexibility index (Phi) is 4.07. The molecule has 0 aliphatic carbocycles. The Morgan fingerprint density at radius 2 is 2.00 bits per heavy atom. The van der Waals surface area contributed by atoms with Gasteiger partial charge in [0.2, 0.25) is 0 Å². The molecule has 1 aromatic carbocycles. The van der Waals surface area contributed by atoms with Gasteiger partial charge in [-0.2, -0.15) is 13.2 Å². The lowest BCUT2D eigenvalue weighted by molar-refractivity contribution is -0.385. The summed E-state index contributed by atoms with van der Waals surface area (Å²) in [7, 11) is 0. The lowest BCUT2D eigenvalue weighted by atomic mass is 10.2. The number of nitro benzene ring substituents is 1. The number of nitro groups is 1. The van der Waals surface area contributed by atoms with Gasteiger partial charge in [-0.05, 0) is 6.07 Å². The van der Waals surface area contributed by atoms with Gasteiger partial charge >= 0.3 is 6.18 Å². The topological polar surface area (TPSA) is 75.4 Å². The molecule has 0 aliphatic heterocycles. The van der Waals surface area contributed by atoms with Crippen LogP contribution in [0.25, 0.3) is 0 Å². The molecule has 0 aromatic heterocycles. The van der Waals surface area contributed by atoms with Crippen LogP contribution in [0.2, 0.25) is 0 Å². The summed E-state index contributed by atoms with van der Waals surface area (Å²) in [5, 5.41) is 21.1. The second-order valence-corrected chi connectivity index (χ2v) is 3.39. The number of nitrogens with zero attached hydrogens (tertiary/aromatic N) is 1. The maximum Gasteiger partial charge on any atom is 0.416 e. The summed E-state index contributed by atoms with van der Waals surface area (Å²) in [6.45, 7) is -0.926. The van der Waals surface area contributed by atoms with Crippen LogP contribution in [0.5, 0.6) is 0 Å². The number of benzene rings is 1. The van der Waals surface area contributed by atoms with Crippen molar-refractivity contribution < 1.29 is 27.6 Å². The van der Waals surface area contributed by atoms with Gasteiger partial charge in [0, 0.05) is 18.3 Å². The minimum absolute atomic E-state index is 0.218. The third-order valence-electron chi connectivity index (χ3n) is 1.97. The predicted octanol–water partition coefficient (Wildman–Crippen LogP) is 2.07. The highest BCUT2D eigenvalue weighted by atomic mass is 19.4. The molecule has 0 heterocycles. The van der Waals surface area contributed by atoms with Crippen LogP contribution in [0.4, 0.5) is 28.9 Å². The Bertz CT molecular complexity index is 450. The fourth-order valence-corrected chi connectivity index (χ4v) is 1.11. The second-order valence-electron chi connectivity index (χ2n) is 3.39. The number of aliphatic hydroxyl groups is 1. The van der Waals surface area contributed by atoms with E-state index >= 15 is 0 Å². The van der Waals surface area contributed by atoms with E-state index in [1.54, 1.807) is 0 Å². The van der Waals surface area contributed by atoms with E-state index in [-0.39, 0.29) is 5.69 Å². The summed E-state index contributed by atoms with van der Waals surface area (Å²) in [6.07, 6.45) is -7.45. The van der Waals surface area contributed by atoms with Gasteiger partial charge in [0.05, 0.1) is 11.0 Å². The first kappa shape index (κ1) is 14.2. The number of alkyl halides is 3. The molecular weight excluding hydrogens is 260 g/mol. The first-order valence-electron chi connectivity index (χ1n) is 4.64. The molecule has 1 atom stereocenters. The minimum Gasteiger partial charge on any atom is -0.382 e. The standard InChI is InChI=1S/C9H8F4N2O3/c10-5-1-6(3-7(2-5)15(17)18)14-4-8(16)9(11,12)13/h1-3,8,14,16H,4H2. The average molecular weight is 268 g/mol. The number of aliphatic hydroxyl groups excluding tert-OH is 1. The maximum atomic E-state index is 12.9. The van der Waals surface area contributed by atoms with Gasteiger partial charge in [-0.15, -0.1) is 0 Å². The van der Waals surface area contributed by atoms with E-state index in [2.05, 4.69) is 5.32 Å². The fourth-order valence-electron chi connectivity index (χ4n) is 1.11. The Balaban J connectivity index is 2.77. The lowest BCUT2D eigenvalue weighted by Crippen LogP contribution is -2.35. The zero-order valence-corrected chi connectivity index (χ0v) is 8.74. The van der Waals surface area contributed by atoms with Gasteiger partial charge < -0.3 is 10.4 Å². The SMILES string of the molecule is O=[N+]([O-])c1cc(F)cc(NCC(O)C(F)(F)F)c1. The van der Waals surface area contributed by atoms with Crippen molar-refractivity contribution in [3.05, 3.63) is 34.1 Å². The van der Waals surface area contributed by atoms with Crippen molar-refractivity contribution in [2.75, 3.05) is 11.9 Å². The summed E-state index contributed by atoms with van der Waals surface area (Å²) in [5.41, 5.74) is -0.816. The van der Waals surface area contributed by atoms with Crippen LogP contribution < -0.4 is 5.32 Å². The Morgan fingerprint density at radius 1 is 1.39 bits per heavy atom. The largest absolute Gasteiger partial charge is 0.416 e. The molecule has 100 valence electrons. The monoisotopic (exact) mass is 268 g/mol. The van der Waals surface area contributed by atoms with E-state index in [1.807, 2.05) is 0 Å². The van der Waals surface area contributed by atoms with Crippen molar-refractivity contribution in [2.45, 2.75) is 12.3 Å². The molecule has 0 aliphatic rings. The van der Waals surface area contributed by atoms with Crippen molar-refractivity contribution >= 4 is 11.4 Å². The lowest BCUT2D eigenvalue weighted by Gasteiger charge is -2.15. The Labute approximate surface area is 98.2 Å². The minimum atomic E-state index is -4.81. The van der Waals surface area contributed by atoms with Gasteiger partial charge in [0.25, 0.3) is 5.69 Å². The molecule has 1 unspecified atom stereocenters. The second kappa shape index (κ2) is 5.17. The van der Waals surface area contributed by atoms with Crippen molar-refractivity contribution in [2.24, 2.45) is 0 Å². The molecule has 1 rings (SSSR count). The molecule has 9 heteroatoms. The summed E-state index contributed by atoms with van der Waals surface area (Å²) >= 11 is 0. The Hall–Kier alpha value is -1.90. The molecule has 0 amide bonds. The molecule has 5 nitrogen and oxygen atoms in total. The number of hydrogen-bond acceptors (Lipinski definition) is 4. The summed E-state index contributed by atoms with van der Waals surface area (Å²) in [4.78, 5) is 9.50. The number of non-ortho nitro benzene ring substituents is 1. The molecule has 0 fully saturated rings. The third-order valence-corrected chi connectivity index (χ3v) is 1.97. The molecule has 1 aromatic rings. The first-order valence-corrected chi connectivity index (χ1v) is 4.64. The smallest absolute Gasteiger partial charge is 0.382 e. The fraction of sp³-hybridized carbons (Fsp3) is 0.333. The van der Waals surface area contributed by atoms with Crippen LogP contribution in [0.15, 0.2) is 18.2 Å². The predicted molar refractivity (Wildman–Crippen MR) is 53.6 cm³/mol. The molecule has 2 N–H and O–H groups in total. The number of nitrogens with one attached hydrogen (secondary N) is 1. The zero-order valence-electron chi connectivity index (χ0n) is 8.74. The number of rotatable bonds is 4. The Morgan fingerprint density at radius 3 is 2.50 bits per heavy atom. The molecule has 0 bridgehead atoms. The van der Waals surface area contributed by atoms with E-state index in [9.17, 15) is 27.7 Å². The third kappa shape index (κ3) is 3.84. The number of anilines is 1. The number of hydrogen-bond donors (Lipinski definition) is 2. The first-order chi connectivity index (χ1) is 8.20. The van der Waals surface area contributed by atoms with Crippen LogP contribution >= 0.6 is 0 Å². The van der Waals surface area contributed by atoms with Crippen molar-refractivity contribution in [1.29, 1.82) is 0 Å². The van der Waals surface area contributed by atoms with Crippen LogP contribution in [-0.2, 0) is 0 Å². The molecule has 0 saturated carbocycles. The van der Waals surface area contributed by atoms with Gasteiger partial charge in [-0.1, -0.05) is 0 Å². The quantitative estimate of drug-likeness (QED) is 0.498. The van der Waals surface area contributed by atoms with E-state index in [4.69, 9.17) is 5.11 Å². The zero-order chi connectivity index (χ0) is 13.9. The highest BCUT2D eigenvalue weighted by Crippen LogP contribution is 2.23. The van der Waals surface area contributed by atoms with Gasteiger partial charge in [0.15, 0.2) is 6.10 Å². The van der Waals surface area contributed by atoms with Gasteiger partial charge in [-0.25, -0.2) is 4.39 Å². The molecule has 0 spiro atoms. The number of halogens is 4. The van der Waals surface area contributed by atoms with Crippen LogP contribution in [0.1, 0.15) is 0 Å². The van der Waals surface area contributed by atoms with Gasteiger partial charge in [0.1, 0.15) is 5.82 Å². The van der Waals surface area contributed by atoms with Crippen molar-refractivity contribution in [3.63, 3.8) is 0 Å². The normalized spacial score (nSPS) is 13.2. The van der Waals surface area contributed by atoms with Gasteiger partial charge in [-0.3, -0.25) is 10.1 Å². The van der Waals surface area contributed by atoms with E-state index in [1.165, 1.54) is 0 Å². The van der Waals surface area contributed by atoms with Crippen LogP contribution in [-0.4, -0.2) is 28.9 Å². The molecule has 0 radical (unpaired) electrons. The van der Waals surface area contributed by atoms with Crippen molar-refractivity contribution in [3.8, 4) is 0 Å². The maximum absolute atomic E-state index is 12.9. The van der Waals surface area contributed by atoms with Crippen molar-refractivity contribution in [1.82, 2.24) is 0 Å². The highest BCUT2D eigenvalue weighted by molar-refractivity contribution is 5.51. The van der Waals surface area contributed by atoms with E-state index in [0.29, 0.717) is 6.07 Å². The summed E-state index contributed by atoms with van der Waals surface area (Å²) in [6, 6.07) is 2.29. The van der Waals surface area contributed by atoms with Crippen LogP contribution in [0, 0.1) is 15.9 Å².